The number of aliphatic carboxylic acids is 1. The molecule has 3 atom stereocenters. The van der Waals surface area contributed by atoms with E-state index >= 15 is 0 Å². The molecule has 2 aliphatic rings. The predicted octanol–water partition coefficient (Wildman–Crippen LogP) is 3.51. The largest absolute Gasteiger partial charge is 0.481 e. The molecule has 3 N–H and O–H groups in total. The highest BCUT2D eigenvalue weighted by molar-refractivity contribution is 8.03. The number of rotatable bonds is 3. The Balaban J connectivity index is 2.16. The van der Waals surface area contributed by atoms with Gasteiger partial charge in [-0.25, -0.2) is 0 Å². The lowest BCUT2D eigenvalue weighted by Crippen LogP contribution is -2.47. The highest BCUT2D eigenvalue weighted by Gasteiger charge is 2.43. The molecule has 3 unspecified atom stereocenters. The highest BCUT2D eigenvalue weighted by atomic mass is 32.2. The van der Waals surface area contributed by atoms with Crippen LogP contribution in [0.25, 0.3) is 0 Å². The Morgan fingerprint density at radius 1 is 1.31 bits per heavy atom. The van der Waals surface area contributed by atoms with Gasteiger partial charge in [0, 0.05) is 0 Å². The number of aliphatic imine (C=N–C) groups is 1. The van der Waals surface area contributed by atoms with Gasteiger partial charge in [0.25, 0.3) is 0 Å². The van der Waals surface area contributed by atoms with Crippen molar-refractivity contribution in [2.24, 2.45) is 10.9 Å². The van der Waals surface area contributed by atoms with Gasteiger partial charge in [-0.15, -0.1) is 11.8 Å². The predicted molar refractivity (Wildman–Crippen MR) is 105 cm³/mol. The van der Waals surface area contributed by atoms with E-state index in [1.807, 2.05) is 38.1 Å². The molecule has 1 aromatic carbocycles. The number of benzene rings is 1. The van der Waals surface area contributed by atoms with Crippen molar-refractivity contribution in [3.8, 4) is 0 Å². The molecule has 0 aromatic heterocycles. The number of carbonyl (C=O) groups is 1. The number of fused-ring (bicyclic) bond motifs is 1. The smallest absolute Gasteiger partial charge is 0.305 e. The van der Waals surface area contributed by atoms with Crippen molar-refractivity contribution in [1.29, 1.82) is 10.8 Å². The molecule has 0 saturated carbocycles. The zero-order valence-electron chi connectivity index (χ0n) is 15.0. The normalized spacial score (nSPS) is 25.3. The number of carboxylic acids is 1. The van der Waals surface area contributed by atoms with Crippen molar-refractivity contribution >= 4 is 35.1 Å². The van der Waals surface area contributed by atoms with Crippen LogP contribution in [0.15, 0.2) is 40.2 Å². The minimum absolute atomic E-state index is 0.0765. The summed E-state index contributed by atoms with van der Waals surface area (Å²) in [5.41, 5.74) is 4.00. The average Bonchev–Trinajstić information content (AvgIpc) is 2.87. The molecule has 3 rings (SSSR count). The van der Waals surface area contributed by atoms with Gasteiger partial charge >= 0.3 is 5.97 Å². The first-order valence-corrected chi connectivity index (χ1v) is 9.35. The standard InChI is InChI=1S/C19H22N4O2S/c1-10-4-6-13(7-5-10)17-16-11(2)9-26-19(16)23(12(3)20)18(21)14(22-17)8-15(24)25/h4-7,9,14,16,19-21H,8H2,1-3H3,(H,24,25). The van der Waals surface area contributed by atoms with E-state index in [0.29, 0.717) is 0 Å². The van der Waals surface area contributed by atoms with Gasteiger partial charge in [-0.2, -0.15) is 0 Å². The van der Waals surface area contributed by atoms with Crippen molar-refractivity contribution in [3.05, 3.63) is 46.4 Å². The number of carboxylic acid groups (broad SMARTS) is 1. The molecule has 0 bridgehead atoms. The number of hydrogen-bond acceptors (Lipinski definition) is 5. The number of hydrogen-bond donors (Lipinski definition) is 3. The minimum atomic E-state index is -0.999. The Hall–Kier alpha value is -2.41. The molecule has 2 heterocycles. The second kappa shape index (κ2) is 7.07. The summed E-state index contributed by atoms with van der Waals surface area (Å²) in [7, 11) is 0. The Morgan fingerprint density at radius 2 is 1.96 bits per heavy atom. The summed E-state index contributed by atoms with van der Waals surface area (Å²) < 4.78 is 0. The summed E-state index contributed by atoms with van der Waals surface area (Å²) in [6.45, 7) is 5.68. The molecule has 0 radical (unpaired) electrons. The van der Waals surface area contributed by atoms with Gasteiger partial charge in [-0.1, -0.05) is 35.4 Å². The number of amidine groups is 2. The highest BCUT2D eigenvalue weighted by Crippen LogP contribution is 2.42. The molecule has 0 saturated heterocycles. The third kappa shape index (κ3) is 3.31. The van der Waals surface area contributed by atoms with Crippen molar-refractivity contribution in [2.75, 3.05) is 0 Å². The third-order valence-electron chi connectivity index (χ3n) is 4.66. The van der Waals surface area contributed by atoms with E-state index < -0.39 is 12.0 Å². The van der Waals surface area contributed by atoms with E-state index in [1.54, 1.807) is 23.6 Å². The Kier molecular flexibility index (Phi) is 5.00. The maximum Gasteiger partial charge on any atom is 0.305 e. The number of aryl methyl sites for hydroxylation is 1. The van der Waals surface area contributed by atoms with E-state index in [9.17, 15) is 9.90 Å². The van der Waals surface area contributed by atoms with Crippen LogP contribution in [0.1, 0.15) is 31.4 Å². The van der Waals surface area contributed by atoms with Gasteiger partial charge in [0.2, 0.25) is 0 Å². The number of thioether (sulfide) groups is 1. The zero-order chi connectivity index (χ0) is 19.0. The lowest BCUT2D eigenvalue weighted by atomic mass is 9.90. The molecule has 6 nitrogen and oxygen atoms in total. The number of nitrogens with zero attached hydrogens (tertiary/aromatic N) is 2. The van der Waals surface area contributed by atoms with E-state index in [4.69, 9.17) is 15.8 Å². The van der Waals surface area contributed by atoms with Crippen LogP contribution < -0.4 is 0 Å². The van der Waals surface area contributed by atoms with Gasteiger partial charge in [-0.05, 0) is 31.7 Å². The zero-order valence-corrected chi connectivity index (χ0v) is 15.8. The van der Waals surface area contributed by atoms with Gasteiger partial charge in [0.1, 0.15) is 11.9 Å². The Labute approximate surface area is 157 Å². The van der Waals surface area contributed by atoms with Crippen LogP contribution in [0.3, 0.4) is 0 Å². The van der Waals surface area contributed by atoms with Crippen LogP contribution in [0.5, 0.6) is 0 Å². The van der Waals surface area contributed by atoms with Gasteiger partial charge in [0.05, 0.1) is 29.3 Å². The van der Waals surface area contributed by atoms with E-state index in [1.165, 1.54) is 0 Å². The van der Waals surface area contributed by atoms with Crippen molar-refractivity contribution in [1.82, 2.24) is 4.90 Å². The van der Waals surface area contributed by atoms with Gasteiger partial charge in [0.15, 0.2) is 0 Å². The lowest BCUT2D eigenvalue weighted by molar-refractivity contribution is -0.137. The topological polar surface area (TPSA) is 101 Å². The minimum Gasteiger partial charge on any atom is -0.481 e. The van der Waals surface area contributed by atoms with E-state index in [-0.39, 0.29) is 29.4 Å². The van der Waals surface area contributed by atoms with Crippen LogP contribution in [0.4, 0.5) is 0 Å². The Morgan fingerprint density at radius 3 is 2.54 bits per heavy atom. The van der Waals surface area contributed by atoms with E-state index in [0.717, 1.165) is 22.4 Å². The fraction of sp³-hybridized carbons (Fsp3) is 0.368. The summed E-state index contributed by atoms with van der Waals surface area (Å²) in [6.07, 6.45) is -0.259. The summed E-state index contributed by atoms with van der Waals surface area (Å²) in [5.74, 6) is -0.771. The van der Waals surface area contributed by atoms with Crippen LogP contribution in [-0.4, -0.2) is 44.8 Å². The molecule has 0 aliphatic carbocycles. The molecule has 7 heteroatoms. The maximum absolute atomic E-state index is 11.3. The lowest BCUT2D eigenvalue weighted by Gasteiger charge is -2.33. The van der Waals surface area contributed by atoms with Crippen molar-refractivity contribution < 1.29 is 9.90 Å². The van der Waals surface area contributed by atoms with Crippen LogP contribution in [0.2, 0.25) is 0 Å². The monoisotopic (exact) mass is 370 g/mol. The average molecular weight is 370 g/mol. The first kappa shape index (κ1) is 18.4. The number of nitrogens with one attached hydrogen (secondary N) is 2. The van der Waals surface area contributed by atoms with Crippen molar-refractivity contribution in [2.45, 2.75) is 38.6 Å². The molecular formula is C19H22N4O2S. The SMILES string of the molecule is CC(=N)N1C(=N)C(CC(=O)O)N=C(c2ccc(C)cc2)C2C(C)=CSC21. The second-order valence-corrected chi connectivity index (χ2v) is 7.69. The van der Waals surface area contributed by atoms with Gasteiger partial charge in [-0.3, -0.25) is 20.6 Å². The second-order valence-electron chi connectivity index (χ2n) is 6.70. The Bertz CT molecular complexity index is 828. The fourth-order valence-electron chi connectivity index (χ4n) is 3.38. The maximum atomic E-state index is 11.3. The fourth-order valence-corrected chi connectivity index (χ4v) is 4.77. The van der Waals surface area contributed by atoms with Gasteiger partial charge < -0.3 is 10.0 Å². The molecule has 0 fully saturated rings. The molecule has 2 aliphatic heterocycles. The van der Waals surface area contributed by atoms with Crippen LogP contribution in [0, 0.1) is 23.7 Å². The van der Waals surface area contributed by atoms with Crippen LogP contribution >= 0.6 is 11.8 Å². The summed E-state index contributed by atoms with van der Waals surface area (Å²) >= 11 is 1.56. The summed E-state index contributed by atoms with van der Waals surface area (Å²) in [5, 5.41) is 27.9. The van der Waals surface area contributed by atoms with Crippen LogP contribution in [-0.2, 0) is 4.79 Å². The molecular weight excluding hydrogens is 348 g/mol. The molecule has 0 spiro atoms. The summed E-state index contributed by atoms with van der Waals surface area (Å²) in [6, 6.07) is 7.21. The van der Waals surface area contributed by atoms with Crippen molar-refractivity contribution in [3.63, 3.8) is 0 Å². The molecule has 136 valence electrons. The quantitative estimate of drug-likeness (QED) is 0.560. The summed E-state index contributed by atoms with van der Waals surface area (Å²) in [4.78, 5) is 17.7. The third-order valence-corrected chi connectivity index (χ3v) is 5.93. The molecule has 26 heavy (non-hydrogen) atoms. The molecule has 1 aromatic rings. The molecule has 0 amide bonds. The first-order valence-electron chi connectivity index (χ1n) is 8.41. The van der Waals surface area contributed by atoms with E-state index in [2.05, 4.69) is 5.41 Å². The first-order chi connectivity index (χ1) is 12.3.